The summed E-state index contributed by atoms with van der Waals surface area (Å²) in [5.74, 6) is -0.308. The van der Waals surface area contributed by atoms with Crippen molar-refractivity contribution in [2.45, 2.75) is 33.1 Å². The molecule has 0 unspecified atom stereocenters. The van der Waals surface area contributed by atoms with Gasteiger partial charge in [-0.05, 0) is 41.9 Å². The third kappa shape index (κ3) is 3.04. The summed E-state index contributed by atoms with van der Waals surface area (Å²) in [6.07, 6.45) is 1.52. The molecule has 4 rings (SSSR count). The van der Waals surface area contributed by atoms with Crippen molar-refractivity contribution < 1.29 is 13.9 Å². The van der Waals surface area contributed by atoms with Gasteiger partial charge in [0.15, 0.2) is 0 Å². The number of nitrogen functional groups attached to an aromatic ring is 1. The molecule has 1 atom stereocenters. The molecule has 0 spiro atoms. The lowest BCUT2D eigenvalue weighted by Crippen LogP contribution is -2.34. The number of aromatic nitrogens is 3. The second kappa shape index (κ2) is 7.14. The fourth-order valence-electron chi connectivity index (χ4n) is 3.58. The van der Waals surface area contributed by atoms with Gasteiger partial charge in [-0.25, -0.2) is 9.37 Å². The van der Waals surface area contributed by atoms with E-state index >= 15 is 0 Å². The average Bonchev–Trinajstić information content (AvgIpc) is 3.28. The van der Waals surface area contributed by atoms with Gasteiger partial charge in [-0.2, -0.15) is 0 Å². The molecule has 3 aromatic heterocycles. The predicted octanol–water partition coefficient (Wildman–Crippen LogP) is 3.70. The van der Waals surface area contributed by atoms with Crippen LogP contribution in [0.5, 0.6) is 0 Å². The lowest BCUT2D eigenvalue weighted by Gasteiger charge is -2.27. The van der Waals surface area contributed by atoms with Crippen molar-refractivity contribution in [2.75, 3.05) is 12.3 Å². The highest BCUT2D eigenvalue weighted by Crippen LogP contribution is 2.32. The van der Waals surface area contributed by atoms with E-state index in [1.807, 2.05) is 6.92 Å². The van der Waals surface area contributed by atoms with Crippen molar-refractivity contribution in [3.63, 3.8) is 0 Å². The van der Waals surface area contributed by atoms with Crippen LogP contribution in [0.3, 0.4) is 0 Å². The number of nitrogens with two attached hydrogens (primary N) is 1. The number of carbonyl (C=O) groups excluding carboxylic acids is 1. The molecule has 0 bridgehead atoms. The molecule has 3 N–H and O–H groups in total. The Hall–Kier alpha value is -2.52. The number of H-pyrrole nitrogens is 1. The van der Waals surface area contributed by atoms with Crippen LogP contribution in [0.25, 0.3) is 11.0 Å². The van der Waals surface area contributed by atoms with Crippen LogP contribution in [-0.2, 0) is 18.0 Å². The number of rotatable bonds is 4. The van der Waals surface area contributed by atoms with Gasteiger partial charge in [0.2, 0.25) is 0 Å². The molecule has 0 saturated heterocycles. The minimum atomic E-state index is -0.538. The topological polar surface area (TPSA) is 97.1 Å². The number of halogens is 2. The highest BCUT2D eigenvalue weighted by atomic mass is 79.9. The summed E-state index contributed by atoms with van der Waals surface area (Å²) in [7, 11) is 0. The molecule has 7 nitrogen and oxygen atoms in total. The molecule has 0 aromatic carbocycles. The smallest absolute Gasteiger partial charge is 0.270 e. The highest BCUT2D eigenvalue weighted by Gasteiger charge is 2.27. The Morgan fingerprint density at radius 1 is 1.43 bits per heavy atom. The van der Waals surface area contributed by atoms with Crippen LogP contribution < -0.4 is 5.73 Å². The summed E-state index contributed by atoms with van der Waals surface area (Å²) >= 11 is 3.20. The SMILES string of the molecule is CCN(C(=O)c1cc2nc(N)c3c(c2[nH]1)COC3)[C@@H](C)c1ncc(Br)cc1F. The molecule has 0 fully saturated rings. The first kappa shape index (κ1) is 18.8. The molecule has 1 aliphatic heterocycles. The van der Waals surface area contributed by atoms with E-state index in [1.54, 1.807) is 17.9 Å². The highest BCUT2D eigenvalue weighted by molar-refractivity contribution is 9.10. The van der Waals surface area contributed by atoms with Crippen LogP contribution in [0.2, 0.25) is 0 Å². The maximum absolute atomic E-state index is 14.3. The monoisotopic (exact) mass is 447 g/mol. The van der Waals surface area contributed by atoms with Crippen LogP contribution >= 0.6 is 15.9 Å². The standard InChI is InChI=1S/C19H19BrFN5O2/c1-3-26(9(2)16-13(21)4-10(20)6-23-16)19(27)15-5-14-17(24-15)11-7-28-8-12(11)18(22)25-14/h4-6,9,24H,3,7-8H2,1-2H3,(H2,22,25)/t9-/m0/s1. The molecule has 4 heterocycles. The Balaban J connectivity index is 1.71. The van der Waals surface area contributed by atoms with E-state index in [0.29, 0.717) is 41.3 Å². The van der Waals surface area contributed by atoms with E-state index < -0.39 is 11.9 Å². The van der Waals surface area contributed by atoms with Gasteiger partial charge in [-0.15, -0.1) is 0 Å². The number of nitrogens with one attached hydrogen (secondary N) is 1. The second-order valence-electron chi connectivity index (χ2n) is 6.68. The van der Waals surface area contributed by atoms with E-state index in [4.69, 9.17) is 10.5 Å². The van der Waals surface area contributed by atoms with Crippen molar-refractivity contribution in [1.82, 2.24) is 19.9 Å². The number of carbonyl (C=O) groups is 1. The number of aromatic amines is 1. The molecule has 3 aromatic rings. The molecule has 1 amide bonds. The molecule has 0 aliphatic carbocycles. The van der Waals surface area contributed by atoms with Crippen LogP contribution in [0.15, 0.2) is 22.8 Å². The van der Waals surface area contributed by atoms with E-state index in [0.717, 1.165) is 16.6 Å². The predicted molar refractivity (Wildman–Crippen MR) is 106 cm³/mol. The normalized spacial score (nSPS) is 14.3. The number of fused-ring (bicyclic) bond motifs is 3. The number of nitrogens with zero attached hydrogens (tertiary/aromatic N) is 3. The fourth-order valence-corrected chi connectivity index (χ4v) is 3.89. The third-order valence-electron chi connectivity index (χ3n) is 5.04. The van der Waals surface area contributed by atoms with Crippen LogP contribution in [0.4, 0.5) is 10.2 Å². The molecular formula is C19H19BrFN5O2. The first-order valence-electron chi connectivity index (χ1n) is 8.90. The molecule has 146 valence electrons. The summed E-state index contributed by atoms with van der Waals surface area (Å²) in [6, 6.07) is 2.48. The van der Waals surface area contributed by atoms with Gasteiger partial charge in [-0.3, -0.25) is 9.78 Å². The lowest BCUT2D eigenvalue weighted by molar-refractivity contribution is 0.0691. The van der Waals surface area contributed by atoms with E-state index in [1.165, 1.54) is 12.3 Å². The Labute approximate surface area is 169 Å². The summed E-state index contributed by atoms with van der Waals surface area (Å²) in [5, 5.41) is 0. The number of ether oxygens (including phenoxy) is 1. The van der Waals surface area contributed by atoms with Crippen molar-refractivity contribution in [3.05, 3.63) is 51.1 Å². The zero-order valence-corrected chi connectivity index (χ0v) is 17.0. The minimum Gasteiger partial charge on any atom is -0.383 e. The maximum atomic E-state index is 14.3. The zero-order chi connectivity index (χ0) is 20.0. The van der Waals surface area contributed by atoms with Gasteiger partial charge in [-0.1, -0.05) is 0 Å². The largest absolute Gasteiger partial charge is 0.383 e. The average molecular weight is 448 g/mol. The molecule has 9 heteroatoms. The minimum absolute atomic E-state index is 0.214. The lowest BCUT2D eigenvalue weighted by atomic mass is 10.1. The summed E-state index contributed by atoms with van der Waals surface area (Å²) < 4.78 is 20.4. The van der Waals surface area contributed by atoms with Gasteiger partial charge in [0, 0.05) is 28.3 Å². The van der Waals surface area contributed by atoms with Gasteiger partial charge >= 0.3 is 0 Å². The Morgan fingerprint density at radius 3 is 2.89 bits per heavy atom. The first-order chi connectivity index (χ1) is 13.4. The number of amides is 1. The van der Waals surface area contributed by atoms with E-state index in [9.17, 15) is 9.18 Å². The van der Waals surface area contributed by atoms with Crippen molar-refractivity contribution in [3.8, 4) is 0 Å². The number of pyridine rings is 2. The maximum Gasteiger partial charge on any atom is 0.270 e. The molecule has 28 heavy (non-hydrogen) atoms. The van der Waals surface area contributed by atoms with Gasteiger partial charge in [0.25, 0.3) is 5.91 Å². The van der Waals surface area contributed by atoms with Crippen molar-refractivity contribution in [2.24, 2.45) is 0 Å². The quantitative estimate of drug-likeness (QED) is 0.635. The number of anilines is 1. The van der Waals surface area contributed by atoms with Crippen LogP contribution in [0.1, 0.15) is 47.2 Å². The van der Waals surface area contributed by atoms with Gasteiger partial charge in [0.1, 0.15) is 17.3 Å². The first-order valence-corrected chi connectivity index (χ1v) is 9.69. The second-order valence-corrected chi connectivity index (χ2v) is 7.59. The number of hydrogen-bond acceptors (Lipinski definition) is 5. The van der Waals surface area contributed by atoms with E-state index in [-0.39, 0.29) is 11.6 Å². The Kier molecular flexibility index (Phi) is 4.80. The summed E-state index contributed by atoms with van der Waals surface area (Å²) in [5.41, 5.74) is 9.74. The van der Waals surface area contributed by atoms with Gasteiger partial charge in [0.05, 0.1) is 36.0 Å². The molecular weight excluding hydrogens is 429 g/mol. The van der Waals surface area contributed by atoms with Crippen LogP contribution in [0, 0.1) is 5.82 Å². The zero-order valence-electron chi connectivity index (χ0n) is 15.4. The fraction of sp³-hybridized carbons (Fsp3) is 0.316. The van der Waals surface area contributed by atoms with Gasteiger partial charge < -0.3 is 20.4 Å². The van der Waals surface area contributed by atoms with E-state index in [2.05, 4.69) is 30.9 Å². The van der Waals surface area contributed by atoms with Crippen molar-refractivity contribution >= 4 is 38.7 Å². The third-order valence-corrected chi connectivity index (χ3v) is 5.47. The van der Waals surface area contributed by atoms with Crippen molar-refractivity contribution in [1.29, 1.82) is 0 Å². The molecule has 0 radical (unpaired) electrons. The molecule has 0 saturated carbocycles. The summed E-state index contributed by atoms with van der Waals surface area (Å²) in [4.78, 5) is 26.4. The Bertz CT molecular complexity index is 1080. The summed E-state index contributed by atoms with van der Waals surface area (Å²) in [6.45, 7) is 4.83. The Morgan fingerprint density at radius 2 is 2.18 bits per heavy atom. The molecule has 1 aliphatic rings. The van der Waals surface area contributed by atoms with Crippen LogP contribution in [-0.4, -0.2) is 32.3 Å². The number of hydrogen-bond donors (Lipinski definition) is 2.